The summed E-state index contributed by atoms with van der Waals surface area (Å²) in [5.41, 5.74) is 6.39. The maximum Gasteiger partial charge on any atom is 0.271 e. The lowest BCUT2D eigenvalue weighted by atomic mass is 10.1. The molecule has 0 saturated heterocycles. The third kappa shape index (κ3) is 4.15. The second-order valence-corrected chi connectivity index (χ2v) is 6.37. The van der Waals surface area contributed by atoms with Crippen molar-refractivity contribution in [2.24, 2.45) is 12.8 Å². The van der Waals surface area contributed by atoms with Gasteiger partial charge in [-0.3, -0.25) is 14.0 Å². The third-order valence-corrected chi connectivity index (χ3v) is 4.28. The minimum atomic E-state index is -0.943. The van der Waals surface area contributed by atoms with Gasteiger partial charge in [-0.1, -0.05) is 17.7 Å². The molecule has 1 atom stereocenters. The van der Waals surface area contributed by atoms with Gasteiger partial charge in [0.25, 0.3) is 5.91 Å². The number of halogens is 3. The Hall–Kier alpha value is -2.78. The molecule has 0 aliphatic heterocycles. The number of aromatic nitrogens is 4. The predicted octanol–water partition coefficient (Wildman–Crippen LogP) is 1.84. The molecule has 3 aromatic rings. The maximum atomic E-state index is 13.3. The zero-order chi connectivity index (χ0) is 19.6. The molecular formula is C17H17ClF2N6O. The molecule has 7 nitrogen and oxygen atoms in total. The number of aryl methyl sites for hydroxylation is 1. The lowest BCUT2D eigenvalue weighted by Gasteiger charge is -2.16. The summed E-state index contributed by atoms with van der Waals surface area (Å²) in [7, 11) is 1.72. The fraction of sp³-hybridized carbons (Fsp3) is 0.235. The predicted molar refractivity (Wildman–Crippen MR) is 95.7 cm³/mol. The van der Waals surface area contributed by atoms with Gasteiger partial charge in [-0.25, -0.2) is 13.8 Å². The van der Waals surface area contributed by atoms with Crippen LogP contribution in [0.2, 0.25) is 5.02 Å². The molecule has 2 aromatic heterocycles. The molecule has 0 radical (unpaired) electrons. The van der Waals surface area contributed by atoms with E-state index in [1.54, 1.807) is 16.3 Å². The second-order valence-electron chi connectivity index (χ2n) is 5.96. The van der Waals surface area contributed by atoms with Gasteiger partial charge >= 0.3 is 0 Å². The molecule has 0 aliphatic carbocycles. The van der Waals surface area contributed by atoms with Crippen molar-refractivity contribution >= 4 is 17.5 Å². The number of nitrogens with one attached hydrogen (secondary N) is 1. The molecule has 10 heteroatoms. The van der Waals surface area contributed by atoms with Crippen molar-refractivity contribution in [3.63, 3.8) is 0 Å². The molecule has 1 amide bonds. The van der Waals surface area contributed by atoms with E-state index in [0.29, 0.717) is 16.4 Å². The van der Waals surface area contributed by atoms with Gasteiger partial charge in [0.1, 0.15) is 17.0 Å². The second kappa shape index (κ2) is 7.85. The summed E-state index contributed by atoms with van der Waals surface area (Å²) in [5.74, 6) is -1.74. The summed E-state index contributed by atoms with van der Waals surface area (Å²) >= 11 is 6.08. The Morgan fingerprint density at radius 1 is 1.37 bits per heavy atom. The van der Waals surface area contributed by atoms with Crippen LogP contribution < -0.4 is 11.1 Å². The van der Waals surface area contributed by atoms with Gasteiger partial charge in [0.2, 0.25) is 0 Å². The molecule has 0 unspecified atom stereocenters. The molecule has 3 rings (SSSR count). The summed E-state index contributed by atoms with van der Waals surface area (Å²) in [4.78, 5) is 16.5. The number of nitrogens with zero attached hydrogens (tertiary/aromatic N) is 4. The van der Waals surface area contributed by atoms with Crippen molar-refractivity contribution in [1.29, 1.82) is 0 Å². The molecule has 0 saturated carbocycles. The van der Waals surface area contributed by atoms with E-state index in [-0.39, 0.29) is 18.7 Å². The van der Waals surface area contributed by atoms with Crippen LogP contribution in [0.1, 0.15) is 16.1 Å². The molecular weight excluding hydrogens is 378 g/mol. The van der Waals surface area contributed by atoms with Crippen LogP contribution in [0.5, 0.6) is 0 Å². The van der Waals surface area contributed by atoms with Crippen LogP contribution in [-0.4, -0.2) is 37.8 Å². The van der Waals surface area contributed by atoms with Crippen molar-refractivity contribution in [2.45, 2.75) is 12.5 Å². The van der Waals surface area contributed by atoms with E-state index in [2.05, 4.69) is 15.4 Å². The summed E-state index contributed by atoms with van der Waals surface area (Å²) in [5, 5.41) is 7.19. The fourth-order valence-electron chi connectivity index (χ4n) is 2.65. The number of amides is 1. The summed E-state index contributed by atoms with van der Waals surface area (Å²) in [6.07, 6.45) is 4.71. The first-order chi connectivity index (χ1) is 12.9. The third-order valence-electron chi connectivity index (χ3n) is 4.01. The summed E-state index contributed by atoms with van der Waals surface area (Å²) < 4.78 is 29.5. The largest absolute Gasteiger partial charge is 0.346 e. The molecule has 0 aliphatic rings. The zero-order valence-corrected chi connectivity index (χ0v) is 15.1. The molecule has 0 spiro atoms. The van der Waals surface area contributed by atoms with Gasteiger partial charge in [-0.05, 0) is 24.1 Å². The lowest BCUT2D eigenvalue weighted by molar-refractivity contribution is 0.0933. The maximum absolute atomic E-state index is 13.3. The highest BCUT2D eigenvalue weighted by atomic mass is 35.5. The molecule has 1 aromatic carbocycles. The number of carbonyl (C=O) groups is 1. The number of nitrogens with two attached hydrogens (primary N) is 1. The zero-order valence-electron chi connectivity index (χ0n) is 14.4. The lowest BCUT2D eigenvalue weighted by Crippen LogP contribution is -2.41. The molecule has 142 valence electrons. The fourth-order valence-corrected chi connectivity index (χ4v) is 2.92. The summed E-state index contributed by atoms with van der Waals surface area (Å²) in [6.45, 7) is 0.124. The van der Waals surface area contributed by atoms with Crippen LogP contribution >= 0.6 is 11.6 Å². The van der Waals surface area contributed by atoms with Crippen molar-refractivity contribution in [1.82, 2.24) is 24.6 Å². The van der Waals surface area contributed by atoms with E-state index >= 15 is 0 Å². The Bertz CT molecular complexity index is 951. The van der Waals surface area contributed by atoms with Crippen LogP contribution in [0, 0.1) is 11.6 Å². The highest BCUT2D eigenvalue weighted by Gasteiger charge is 2.18. The van der Waals surface area contributed by atoms with E-state index in [9.17, 15) is 13.6 Å². The number of imidazole rings is 1. The molecule has 0 bridgehead atoms. The van der Waals surface area contributed by atoms with Crippen LogP contribution in [-0.2, 0) is 13.5 Å². The quantitative estimate of drug-likeness (QED) is 0.667. The first kappa shape index (κ1) is 19.0. The number of rotatable bonds is 6. The van der Waals surface area contributed by atoms with Gasteiger partial charge in [0.15, 0.2) is 17.5 Å². The average Bonchev–Trinajstić information content (AvgIpc) is 3.24. The highest BCUT2D eigenvalue weighted by Crippen LogP contribution is 2.19. The normalized spacial score (nSPS) is 12.2. The Morgan fingerprint density at radius 3 is 2.78 bits per heavy atom. The number of hydrogen-bond acceptors (Lipinski definition) is 4. The average molecular weight is 395 g/mol. The smallest absolute Gasteiger partial charge is 0.271 e. The SMILES string of the molecule is Cn1ncc(Cl)c1-n1cnc(C(=O)N[C@H](CN)Cc2ccc(F)c(F)c2)c1. The van der Waals surface area contributed by atoms with Crippen molar-refractivity contribution in [3.8, 4) is 5.82 Å². The van der Waals surface area contributed by atoms with Gasteiger partial charge in [0.05, 0.1) is 6.20 Å². The van der Waals surface area contributed by atoms with Crippen LogP contribution in [0.25, 0.3) is 5.82 Å². The van der Waals surface area contributed by atoms with Crippen LogP contribution in [0.4, 0.5) is 8.78 Å². The minimum absolute atomic E-state index is 0.124. The Balaban J connectivity index is 1.71. The topological polar surface area (TPSA) is 90.8 Å². The Labute approximate surface area is 158 Å². The van der Waals surface area contributed by atoms with Crippen LogP contribution in [0.3, 0.4) is 0 Å². The summed E-state index contributed by atoms with van der Waals surface area (Å²) in [6, 6.07) is 3.11. The van der Waals surface area contributed by atoms with Crippen LogP contribution in [0.15, 0.2) is 36.9 Å². The van der Waals surface area contributed by atoms with E-state index in [1.807, 2.05) is 0 Å². The molecule has 0 fully saturated rings. The first-order valence-corrected chi connectivity index (χ1v) is 8.43. The highest BCUT2D eigenvalue weighted by molar-refractivity contribution is 6.32. The van der Waals surface area contributed by atoms with Gasteiger partial charge in [-0.15, -0.1) is 0 Å². The first-order valence-electron chi connectivity index (χ1n) is 8.05. The van der Waals surface area contributed by atoms with E-state index < -0.39 is 23.6 Å². The molecule has 27 heavy (non-hydrogen) atoms. The monoisotopic (exact) mass is 394 g/mol. The van der Waals surface area contributed by atoms with Gasteiger partial charge in [0, 0.05) is 25.8 Å². The molecule has 3 N–H and O–H groups in total. The Morgan fingerprint density at radius 2 is 2.15 bits per heavy atom. The van der Waals surface area contributed by atoms with Gasteiger partial charge in [-0.2, -0.15) is 5.10 Å². The van der Waals surface area contributed by atoms with E-state index in [0.717, 1.165) is 12.1 Å². The Kier molecular flexibility index (Phi) is 5.52. The number of benzene rings is 1. The van der Waals surface area contributed by atoms with Crippen molar-refractivity contribution < 1.29 is 13.6 Å². The number of hydrogen-bond donors (Lipinski definition) is 2. The number of carbonyl (C=O) groups excluding carboxylic acids is 1. The van der Waals surface area contributed by atoms with Crippen molar-refractivity contribution in [2.75, 3.05) is 6.54 Å². The van der Waals surface area contributed by atoms with E-state index in [1.165, 1.54) is 24.8 Å². The van der Waals surface area contributed by atoms with Gasteiger partial charge < -0.3 is 11.1 Å². The molecule has 2 heterocycles. The van der Waals surface area contributed by atoms with E-state index in [4.69, 9.17) is 17.3 Å². The standard InChI is InChI=1S/C17H17ClF2N6O/c1-25-17(12(18)7-23-25)26-8-15(22-9-26)16(27)24-11(6-21)4-10-2-3-13(19)14(20)5-10/h2-3,5,7-9,11H,4,6,21H2,1H3,(H,24,27)/t11-/m0/s1. The minimum Gasteiger partial charge on any atom is -0.346 e. The van der Waals surface area contributed by atoms with Crippen molar-refractivity contribution in [3.05, 3.63) is 64.8 Å².